The monoisotopic (exact) mass is 493 g/mol. The third-order valence-electron chi connectivity index (χ3n) is 7.64. The Morgan fingerprint density at radius 3 is 2.66 bits per heavy atom. The average molecular weight is 494 g/mol. The molecule has 1 N–H and O–H groups in total. The highest BCUT2D eigenvalue weighted by atomic mass is 32.2. The van der Waals surface area contributed by atoms with Gasteiger partial charge in [0.2, 0.25) is 10.0 Å². The van der Waals surface area contributed by atoms with E-state index in [1.54, 1.807) is 4.31 Å². The maximum Gasteiger partial charge on any atom is 0.211 e. The average Bonchev–Trinajstić information content (AvgIpc) is 3.48. The van der Waals surface area contributed by atoms with Gasteiger partial charge in [-0.15, -0.1) is 0 Å². The van der Waals surface area contributed by atoms with E-state index < -0.39 is 10.0 Å². The van der Waals surface area contributed by atoms with Gasteiger partial charge in [-0.1, -0.05) is 0 Å². The lowest BCUT2D eigenvalue weighted by molar-refractivity contribution is 0.0616. The van der Waals surface area contributed by atoms with E-state index in [2.05, 4.69) is 45.0 Å². The van der Waals surface area contributed by atoms with E-state index in [-0.39, 0.29) is 0 Å². The third-order valence-corrected chi connectivity index (χ3v) is 8.94. The lowest BCUT2D eigenvalue weighted by Crippen LogP contribution is -2.37. The Hall–Kier alpha value is -2.75. The lowest BCUT2D eigenvalue weighted by atomic mass is 9.94. The van der Waals surface area contributed by atoms with Gasteiger partial charge < -0.3 is 14.3 Å². The number of ether oxygens (including phenoxy) is 1. The Morgan fingerprint density at radius 2 is 1.89 bits per heavy atom. The molecule has 0 radical (unpaired) electrons. The first-order chi connectivity index (χ1) is 17.0. The fourth-order valence-corrected chi connectivity index (χ4v) is 6.47. The molecule has 6 heterocycles. The first-order valence-corrected chi connectivity index (χ1v) is 14.3. The molecule has 0 bridgehead atoms. The first-order valence-electron chi connectivity index (χ1n) is 12.4. The van der Waals surface area contributed by atoms with Crippen LogP contribution in [0.15, 0.2) is 42.9 Å². The molecule has 35 heavy (non-hydrogen) atoms. The van der Waals surface area contributed by atoms with Crippen LogP contribution in [0.25, 0.3) is 33.2 Å². The minimum absolute atomic E-state index is 0.298. The van der Waals surface area contributed by atoms with Gasteiger partial charge in [-0.3, -0.25) is 4.98 Å². The smallest absolute Gasteiger partial charge is 0.211 e. The highest BCUT2D eigenvalue weighted by Crippen LogP contribution is 2.35. The topological polar surface area (TPSA) is 93.1 Å². The summed E-state index contributed by atoms with van der Waals surface area (Å²) in [6, 6.07) is 8.59. The molecule has 0 amide bonds. The second-order valence-corrected chi connectivity index (χ2v) is 11.9. The minimum Gasteiger partial charge on any atom is -0.381 e. The van der Waals surface area contributed by atoms with Crippen LogP contribution in [-0.4, -0.2) is 64.8 Å². The van der Waals surface area contributed by atoms with Crippen molar-refractivity contribution >= 4 is 32.1 Å². The molecule has 2 fully saturated rings. The zero-order valence-electron chi connectivity index (χ0n) is 20.0. The number of hydrogen-bond donors (Lipinski definition) is 1. The highest BCUT2D eigenvalue weighted by molar-refractivity contribution is 7.88. The highest BCUT2D eigenvalue weighted by Gasteiger charge is 2.27. The van der Waals surface area contributed by atoms with Crippen molar-refractivity contribution < 1.29 is 13.2 Å². The summed E-state index contributed by atoms with van der Waals surface area (Å²) in [6.45, 7) is 3.81. The largest absolute Gasteiger partial charge is 0.381 e. The van der Waals surface area contributed by atoms with Crippen molar-refractivity contribution in [3.8, 4) is 11.1 Å². The van der Waals surface area contributed by atoms with Crippen LogP contribution in [-0.2, 0) is 21.3 Å². The summed E-state index contributed by atoms with van der Waals surface area (Å²) < 4.78 is 33.2. The zero-order valence-corrected chi connectivity index (χ0v) is 20.8. The quantitative estimate of drug-likeness (QED) is 0.451. The van der Waals surface area contributed by atoms with Crippen molar-refractivity contribution in [3.05, 3.63) is 48.5 Å². The molecule has 0 unspecified atom stereocenters. The summed E-state index contributed by atoms with van der Waals surface area (Å²) in [7, 11) is -3.13. The van der Waals surface area contributed by atoms with Gasteiger partial charge in [0.25, 0.3) is 0 Å². The molecule has 6 rings (SSSR count). The number of aromatic nitrogens is 4. The predicted octanol–water partition coefficient (Wildman–Crippen LogP) is 4.15. The molecular formula is C26H31N5O3S. The molecule has 184 valence electrons. The van der Waals surface area contributed by atoms with Crippen LogP contribution in [0, 0.1) is 5.92 Å². The van der Waals surface area contributed by atoms with Crippen LogP contribution in [0.4, 0.5) is 0 Å². The van der Waals surface area contributed by atoms with Gasteiger partial charge in [0.1, 0.15) is 5.65 Å². The number of H-pyrrole nitrogens is 1. The Labute approximate surface area is 205 Å². The molecule has 2 aliphatic rings. The molecular weight excluding hydrogens is 462 g/mol. The van der Waals surface area contributed by atoms with Gasteiger partial charge in [-0.25, -0.2) is 17.7 Å². The van der Waals surface area contributed by atoms with Crippen LogP contribution in [0.2, 0.25) is 0 Å². The Balaban J connectivity index is 1.30. The normalized spacial score (nSPS) is 19.1. The molecule has 0 atom stereocenters. The molecule has 2 aliphatic heterocycles. The molecule has 0 saturated carbocycles. The van der Waals surface area contributed by atoms with Crippen LogP contribution in [0.1, 0.15) is 37.3 Å². The van der Waals surface area contributed by atoms with E-state index in [1.807, 2.05) is 12.4 Å². The molecule has 2 saturated heterocycles. The number of piperidine rings is 1. The number of hydrogen-bond acceptors (Lipinski definition) is 5. The van der Waals surface area contributed by atoms with E-state index >= 15 is 0 Å². The van der Waals surface area contributed by atoms with E-state index in [0.29, 0.717) is 24.9 Å². The number of sulfonamides is 1. The molecule has 4 aromatic heterocycles. The fourth-order valence-electron chi connectivity index (χ4n) is 5.59. The van der Waals surface area contributed by atoms with E-state index in [1.165, 1.54) is 6.26 Å². The molecule has 9 heteroatoms. The molecule has 8 nitrogen and oxygen atoms in total. The third kappa shape index (κ3) is 4.48. The van der Waals surface area contributed by atoms with E-state index in [4.69, 9.17) is 9.72 Å². The molecule has 0 aromatic carbocycles. The number of nitrogens with one attached hydrogen (secondary N) is 1. The second-order valence-electron chi connectivity index (χ2n) is 9.93. The van der Waals surface area contributed by atoms with Crippen molar-refractivity contribution in [1.82, 2.24) is 23.8 Å². The maximum absolute atomic E-state index is 11.9. The van der Waals surface area contributed by atoms with E-state index in [9.17, 15) is 8.42 Å². The summed E-state index contributed by atoms with van der Waals surface area (Å²) in [4.78, 5) is 12.9. The van der Waals surface area contributed by atoms with Gasteiger partial charge >= 0.3 is 0 Å². The Kier molecular flexibility index (Phi) is 5.86. The Bertz CT molecular complexity index is 1460. The first kappa shape index (κ1) is 22.7. The number of aromatic amines is 1. The number of pyridine rings is 2. The van der Waals surface area contributed by atoms with Crippen LogP contribution >= 0.6 is 0 Å². The van der Waals surface area contributed by atoms with Gasteiger partial charge in [0.15, 0.2) is 0 Å². The number of nitrogens with zero attached hydrogens (tertiary/aromatic N) is 4. The van der Waals surface area contributed by atoms with Crippen molar-refractivity contribution in [1.29, 1.82) is 0 Å². The molecule has 0 aliphatic carbocycles. The van der Waals surface area contributed by atoms with Crippen LogP contribution < -0.4 is 0 Å². The number of rotatable bonds is 5. The van der Waals surface area contributed by atoms with Gasteiger partial charge in [-0.2, -0.15) is 0 Å². The Morgan fingerprint density at radius 1 is 1.09 bits per heavy atom. The van der Waals surface area contributed by atoms with Crippen molar-refractivity contribution in [2.45, 2.75) is 38.1 Å². The minimum atomic E-state index is -3.13. The standard InChI is InChI=1S/C26H31N5O3S/c1-35(32,33)31-10-3-19(4-11-31)24-15-22-21(2-8-27-26(22)29-24)20-14-25-23(28-16-20)5-9-30(25)17-18-6-12-34-13-7-18/h2,5,8-9,14-16,18-19H,3-4,6-7,10-13,17H2,1H3,(H,27,29). The summed E-state index contributed by atoms with van der Waals surface area (Å²) in [5.74, 6) is 0.935. The van der Waals surface area contributed by atoms with Crippen molar-refractivity contribution in [2.75, 3.05) is 32.6 Å². The molecule has 4 aromatic rings. The van der Waals surface area contributed by atoms with Crippen LogP contribution in [0.3, 0.4) is 0 Å². The maximum atomic E-state index is 11.9. The molecule has 0 spiro atoms. The van der Waals surface area contributed by atoms with Crippen molar-refractivity contribution in [3.63, 3.8) is 0 Å². The SMILES string of the molecule is CS(=O)(=O)N1CCC(c2cc3c(-c4cnc5ccn(CC6CCOCC6)c5c4)ccnc3[nH]2)CC1. The summed E-state index contributed by atoms with van der Waals surface area (Å²) in [5, 5.41) is 1.08. The van der Waals surface area contributed by atoms with E-state index in [0.717, 1.165) is 84.3 Å². The second kappa shape index (κ2) is 9.04. The van der Waals surface area contributed by atoms with Gasteiger partial charge in [0.05, 0.1) is 17.3 Å². The summed E-state index contributed by atoms with van der Waals surface area (Å²) in [5.41, 5.74) is 6.35. The number of fused-ring (bicyclic) bond motifs is 2. The predicted molar refractivity (Wildman–Crippen MR) is 137 cm³/mol. The summed E-state index contributed by atoms with van der Waals surface area (Å²) >= 11 is 0. The zero-order chi connectivity index (χ0) is 24.0. The van der Waals surface area contributed by atoms with Gasteiger partial charge in [-0.05, 0) is 61.4 Å². The van der Waals surface area contributed by atoms with Gasteiger partial charge in [0, 0.05) is 74.0 Å². The fraction of sp³-hybridized carbons (Fsp3) is 0.462. The van der Waals surface area contributed by atoms with Crippen LogP contribution in [0.5, 0.6) is 0 Å². The van der Waals surface area contributed by atoms with Crippen molar-refractivity contribution in [2.24, 2.45) is 5.92 Å². The summed E-state index contributed by atoms with van der Waals surface area (Å²) in [6.07, 6.45) is 11.1. The lowest BCUT2D eigenvalue weighted by Gasteiger charge is -2.29.